The minimum absolute atomic E-state index is 0.0229. The van der Waals surface area contributed by atoms with Gasteiger partial charge in [0.15, 0.2) is 0 Å². The summed E-state index contributed by atoms with van der Waals surface area (Å²) in [7, 11) is -3.59. The van der Waals surface area contributed by atoms with Crippen LogP contribution in [-0.4, -0.2) is 29.9 Å². The Kier molecular flexibility index (Phi) is 3.42. The first-order valence-electron chi connectivity index (χ1n) is 2.30. The smallest absolute Gasteiger partial charge is 0.249 e. The highest BCUT2D eigenvalue weighted by atomic mass is 35.5. The molecule has 4 nitrogen and oxygen atoms in total. The molecule has 0 aliphatic heterocycles. The molecule has 0 saturated heterocycles. The molecule has 0 rings (SSSR count). The first-order valence-corrected chi connectivity index (χ1v) is 4.44. The van der Waals surface area contributed by atoms with E-state index in [1.165, 1.54) is 6.92 Å². The highest BCUT2D eigenvalue weighted by Crippen LogP contribution is 1.97. The average molecular weight is 174 g/mol. The Balaban J connectivity index is 4.17. The van der Waals surface area contributed by atoms with Crippen molar-refractivity contribution in [2.24, 2.45) is 0 Å². The minimum Gasteiger partial charge on any atom is -0.299 e. The van der Waals surface area contributed by atoms with Crippen LogP contribution in [0.1, 0.15) is 6.92 Å². The van der Waals surface area contributed by atoms with E-state index in [4.69, 9.17) is 16.8 Å². The molecule has 0 aromatic heterocycles. The molecule has 0 radical (unpaired) electrons. The van der Waals surface area contributed by atoms with Crippen LogP contribution in [0.25, 0.3) is 0 Å². The number of alkyl halides is 1. The summed E-state index contributed by atoms with van der Waals surface area (Å²) in [6.07, 6.45) is 0. The molecule has 0 amide bonds. The van der Waals surface area contributed by atoms with Crippen molar-refractivity contribution in [1.29, 1.82) is 0 Å². The molecule has 0 unspecified atom stereocenters. The van der Waals surface area contributed by atoms with Gasteiger partial charge in [-0.3, -0.25) is 5.21 Å². The number of nitrogens with zero attached hydrogens (tertiary/aromatic N) is 1. The molecule has 0 aromatic rings. The lowest BCUT2D eigenvalue weighted by Gasteiger charge is -2.08. The van der Waals surface area contributed by atoms with Crippen LogP contribution < -0.4 is 0 Å². The Morgan fingerprint density at radius 2 is 2.11 bits per heavy atom. The molecule has 0 heterocycles. The summed E-state index contributed by atoms with van der Waals surface area (Å²) < 4.78 is 21.2. The van der Waals surface area contributed by atoms with E-state index in [1.807, 2.05) is 0 Å². The van der Waals surface area contributed by atoms with Gasteiger partial charge < -0.3 is 0 Å². The van der Waals surface area contributed by atoms with E-state index >= 15 is 0 Å². The second kappa shape index (κ2) is 3.36. The molecule has 9 heavy (non-hydrogen) atoms. The fourth-order valence-electron chi connectivity index (χ4n) is 0.253. The maximum Gasteiger partial charge on any atom is 0.249 e. The maximum atomic E-state index is 10.5. The van der Waals surface area contributed by atoms with Gasteiger partial charge in [-0.25, -0.2) is 8.42 Å². The summed E-state index contributed by atoms with van der Waals surface area (Å²) >= 11 is 4.98. The molecule has 0 atom stereocenters. The average Bonchev–Trinajstić information content (AvgIpc) is 1.86. The van der Waals surface area contributed by atoms with Crippen LogP contribution in [0.5, 0.6) is 0 Å². The van der Waals surface area contributed by atoms with Crippen molar-refractivity contribution < 1.29 is 13.6 Å². The monoisotopic (exact) mass is 173 g/mol. The Labute approximate surface area is 59.0 Å². The third-order valence-corrected chi connectivity index (χ3v) is 2.73. The lowest BCUT2D eigenvalue weighted by Crippen LogP contribution is -2.27. The van der Waals surface area contributed by atoms with E-state index in [0.717, 1.165) is 0 Å². The summed E-state index contributed by atoms with van der Waals surface area (Å²) in [4.78, 5) is 0. The van der Waals surface area contributed by atoms with Crippen LogP contribution in [0.4, 0.5) is 0 Å². The van der Waals surface area contributed by atoms with Gasteiger partial charge in [0, 0.05) is 6.54 Å². The number of hydroxylamine groups is 1. The van der Waals surface area contributed by atoms with Crippen molar-refractivity contribution in [3.63, 3.8) is 0 Å². The zero-order valence-corrected chi connectivity index (χ0v) is 6.48. The molecule has 1 N–H and O–H groups in total. The van der Waals surface area contributed by atoms with Gasteiger partial charge in [-0.2, -0.15) is 0 Å². The number of sulfonamides is 1. The molecular formula is C3H8ClNO3S. The van der Waals surface area contributed by atoms with E-state index in [2.05, 4.69) is 0 Å². The van der Waals surface area contributed by atoms with Crippen LogP contribution in [0.15, 0.2) is 0 Å². The van der Waals surface area contributed by atoms with E-state index < -0.39 is 15.2 Å². The number of halogens is 1. The van der Waals surface area contributed by atoms with Crippen molar-refractivity contribution in [2.45, 2.75) is 6.92 Å². The fourth-order valence-corrected chi connectivity index (χ4v) is 1.10. The van der Waals surface area contributed by atoms with Gasteiger partial charge in [0.25, 0.3) is 0 Å². The van der Waals surface area contributed by atoms with Gasteiger partial charge in [0.05, 0.1) is 0 Å². The van der Waals surface area contributed by atoms with Crippen LogP contribution in [-0.2, 0) is 10.0 Å². The number of hydrogen-bond donors (Lipinski definition) is 1. The summed E-state index contributed by atoms with van der Waals surface area (Å²) in [5.41, 5.74) is 0. The largest absolute Gasteiger partial charge is 0.299 e. The molecule has 0 spiro atoms. The van der Waals surface area contributed by atoms with Crippen LogP contribution in [0.3, 0.4) is 0 Å². The maximum absolute atomic E-state index is 10.5. The van der Waals surface area contributed by atoms with Crippen molar-refractivity contribution in [2.75, 3.05) is 11.8 Å². The molecule has 0 bridgehead atoms. The SMILES string of the molecule is CCN(O)S(=O)(=O)CCl. The highest BCUT2D eigenvalue weighted by molar-refractivity contribution is 7.90. The standard InChI is InChI=1S/C3H8ClNO3S/c1-2-5(6)9(7,8)3-4/h6H,2-3H2,1H3. The Hall–Kier alpha value is 0.160. The predicted octanol–water partition coefficient (Wildman–Crippen LogP) is 0.224. The Bertz CT molecular complexity index is 166. The minimum atomic E-state index is -3.59. The lowest BCUT2D eigenvalue weighted by molar-refractivity contribution is 0.00923. The fraction of sp³-hybridized carbons (Fsp3) is 1.00. The summed E-state index contributed by atoms with van der Waals surface area (Å²) in [5.74, 6) is 0. The topological polar surface area (TPSA) is 57.6 Å². The van der Waals surface area contributed by atoms with Gasteiger partial charge in [0.2, 0.25) is 10.0 Å². The van der Waals surface area contributed by atoms with Gasteiger partial charge in [-0.1, -0.05) is 4.47 Å². The van der Waals surface area contributed by atoms with Crippen LogP contribution >= 0.6 is 11.6 Å². The highest BCUT2D eigenvalue weighted by Gasteiger charge is 2.15. The van der Waals surface area contributed by atoms with Gasteiger partial charge in [-0.15, -0.1) is 11.6 Å². The molecule has 56 valence electrons. The molecule has 0 aromatic carbocycles. The van der Waals surface area contributed by atoms with Crippen molar-refractivity contribution in [3.05, 3.63) is 0 Å². The zero-order chi connectivity index (χ0) is 7.49. The number of hydrogen-bond acceptors (Lipinski definition) is 3. The van der Waals surface area contributed by atoms with Crippen LogP contribution in [0.2, 0.25) is 0 Å². The second-order valence-electron chi connectivity index (χ2n) is 1.36. The van der Waals surface area contributed by atoms with E-state index in [0.29, 0.717) is 0 Å². The van der Waals surface area contributed by atoms with Gasteiger partial charge in [-0.05, 0) is 6.92 Å². The number of rotatable bonds is 3. The first-order chi connectivity index (χ1) is 4.04. The van der Waals surface area contributed by atoms with E-state index in [9.17, 15) is 8.42 Å². The summed E-state index contributed by atoms with van der Waals surface area (Å²) in [5, 5.41) is 7.96. The molecule has 0 aliphatic rings. The van der Waals surface area contributed by atoms with Gasteiger partial charge in [0.1, 0.15) is 5.21 Å². The summed E-state index contributed by atoms with van der Waals surface area (Å²) in [6.45, 7) is 1.53. The first kappa shape index (κ1) is 9.16. The third kappa shape index (κ3) is 2.49. The molecular weight excluding hydrogens is 166 g/mol. The van der Waals surface area contributed by atoms with Crippen LogP contribution in [0, 0.1) is 0 Å². The van der Waals surface area contributed by atoms with E-state index in [1.54, 1.807) is 0 Å². The summed E-state index contributed by atoms with van der Waals surface area (Å²) in [6, 6.07) is 0. The van der Waals surface area contributed by atoms with Gasteiger partial charge >= 0.3 is 0 Å². The van der Waals surface area contributed by atoms with Crippen molar-refractivity contribution in [3.8, 4) is 0 Å². The Morgan fingerprint density at radius 3 is 2.22 bits per heavy atom. The zero-order valence-electron chi connectivity index (χ0n) is 4.91. The van der Waals surface area contributed by atoms with E-state index in [-0.39, 0.29) is 11.0 Å². The molecule has 0 saturated carbocycles. The van der Waals surface area contributed by atoms with Crippen molar-refractivity contribution in [1.82, 2.24) is 4.47 Å². The predicted molar refractivity (Wildman–Crippen MR) is 33.8 cm³/mol. The Morgan fingerprint density at radius 1 is 1.67 bits per heavy atom. The lowest BCUT2D eigenvalue weighted by atomic mass is 10.8. The molecule has 6 heteroatoms. The second-order valence-corrected chi connectivity index (χ2v) is 3.82. The molecule has 0 fully saturated rings. The normalized spacial score (nSPS) is 12.4. The molecule has 0 aliphatic carbocycles. The quantitative estimate of drug-likeness (QED) is 0.491. The third-order valence-electron chi connectivity index (χ3n) is 0.730. The van der Waals surface area contributed by atoms with Crippen molar-refractivity contribution >= 4 is 21.6 Å².